The van der Waals surface area contributed by atoms with E-state index in [4.69, 9.17) is 0 Å². The Morgan fingerprint density at radius 3 is 2.91 bits per heavy atom. The first-order valence-electron chi connectivity index (χ1n) is 7.31. The molecule has 2 N–H and O–H groups in total. The molecule has 2 atom stereocenters. The first-order valence-corrected chi connectivity index (χ1v) is 8.10. The van der Waals surface area contributed by atoms with Crippen LogP contribution in [0.25, 0.3) is 10.9 Å². The zero-order valence-corrected chi connectivity index (χ0v) is 13.5. The largest absolute Gasteiger partial charge is 0.465 e. The summed E-state index contributed by atoms with van der Waals surface area (Å²) in [5.74, 6) is 0. The molecule has 1 amide bonds. The van der Waals surface area contributed by atoms with Crippen molar-refractivity contribution in [1.29, 1.82) is 0 Å². The number of aromatic nitrogens is 1. The highest BCUT2D eigenvalue weighted by atomic mass is 79.9. The van der Waals surface area contributed by atoms with Crippen LogP contribution >= 0.6 is 15.9 Å². The molecule has 0 aliphatic carbocycles. The number of carbonyl (C=O) groups is 1. The average Bonchev–Trinajstić information content (AvgIpc) is 2.53. The minimum atomic E-state index is -0.971. The first-order chi connectivity index (χ1) is 10.6. The number of rotatable bonds is 2. The molecule has 2 aromatic rings. The maximum atomic E-state index is 11.4. The van der Waals surface area contributed by atoms with Gasteiger partial charge in [0.25, 0.3) is 0 Å². The van der Waals surface area contributed by atoms with Crippen molar-refractivity contribution in [3.8, 4) is 0 Å². The van der Waals surface area contributed by atoms with Crippen molar-refractivity contribution in [2.24, 2.45) is 0 Å². The molecule has 1 aromatic heterocycles. The minimum absolute atomic E-state index is 0.413. The predicted octanol–water partition coefficient (Wildman–Crippen LogP) is 3.56. The van der Waals surface area contributed by atoms with Gasteiger partial charge >= 0.3 is 6.09 Å². The number of hydrogen-bond acceptors (Lipinski definition) is 3. The van der Waals surface area contributed by atoms with E-state index in [0.717, 1.165) is 29.3 Å². The molecule has 5 nitrogen and oxygen atoms in total. The quantitative estimate of drug-likeness (QED) is 0.798. The lowest BCUT2D eigenvalue weighted by molar-refractivity contribution is 0.0292. The van der Waals surface area contributed by atoms with Crippen molar-refractivity contribution in [2.45, 2.75) is 31.4 Å². The highest BCUT2D eigenvalue weighted by Crippen LogP contribution is 2.33. The third-order valence-corrected chi connectivity index (χ3v) is 4.60. The second kappa shape index (κ2) is 6.22. The number of likely N-dealkylation sites (tertiary alicyclic amines) is 1. The number of fused-ring (bicyclic) bond motifs is 1. The van der Waals surface area contributed by atoms with Gasteiger partial charge in [-0.25, -0.2) is 9.78 Å². The van der Waals surface area contributed by atoms with Crippen LogP contribution in [0, 0.1) is 0 Å². The summed E-state index contributed by atoms with van der Waals surface area (Å²) in [6.07, 6.45) is 0.607. The monoisotopic (exact) mass is 364 g/mol. The van der Waals surface area contributed by atoms with E-state index in [1.807, 2.05) is 24.3 Å². The number of halogens is 1. The smallest absolute Gasteiger partial charge is 0.407 e. The summed E-state index contributed by atoms with van der Waals surface area (Å²) in [5, 5.41) is 21.1. The van der Waals surface area contributed by atoms with E-state index >= 15 is 0 Å². The van der Waals surface area contributed by atoms with E-state index in [1.54, 1.807) is 6.07 Å². The molecule has 1 fully saturated rings. The van der Waals surface area contributed by atoms with Crippen molar-refractivity contribution in [1.82, 2.24) is 9.88 Å². The van der Waals surface area contributed by atoms with E-state index in [1.165, 1.54) is 4.90 Å². The third-order valence-electron chi connectivity index (χ3n) is 4.19. The SMILES string of the molecule is O=C(O)N1CCCCC1[C@H](O)c1cc(Br)nc2ccccc12. The van der Waals surface area contributed by atoms with Gasteiger partial charge < -0.3 is 15.1 Å². The maximum absolute atomic E-state index is 11.4. The van der Waals surface area contributed by atoms with Crippen molar-refractivity contribution in [3.05, 3.63) is 40.5 Å². The van der Waals surface area contributed by atoms with Gasteiger partial charge in [0, 0.05) is 11.9 Å². The second-order valence-electron chi connectivity index (χ2n) is 5.54. The van der Waals surface area contributed by atoms with Crippen LogP contribution in [0.4, 0.5) is 4.79 Å². The predicted molar refractivity (Wildman–Crippen MR) is 86.8 cm³/mol. The molecule has 0 radical (unpaired) electrons. The normalized spacial score (nSPS) is 20.1. The topological polar surface area (TPSA) is 73.7 Å². The molecule has 1 aromatic carbocycles. The zero-order chi connectivity index (χ0) is 15.7. The maximum Gasteiger partial charge on any atom is 0.407 e. The van der Waals surface area contributed by atoms with E-state index in [2.05, 4.69) is 20.9 Å². The van der Waals surface area contributed by atoms with Crippen LogP contribution in [0.3, 0.4) is 0 Å². The molecule has 1 aliphatic rings. The Labute approximate surface area is 136 Å². The van der Waals surface area contributed by atoms with E-state index in [0.29, 0.717) is 17.6 Å². The average molecular weight is 365 g/mol. The minimum Gasteiger partial charge on any atom is -0.465 e. The zero-order valence-electron chi connectivity index (χ0n) is 11.9. The highest BCUT2D eigenvalue weighted by molar-refractivity contribution is 9.10. The molecule has 1 saturated heterocycles. The van der Waals surface area contributed by atoms with E-state index in [9.17, 15) is 15.0 Å². The number of para-hydroxylation sites is 1. The van der Waals surface area contributed by atoms with Crippen LogP contribution in [0.2, 0.25) is 0 Å². The number of aliphatic hydroxyl groups excluding tert-OH is 1. The molecule has 1 aliphatic heterocycles. The molecule has 22 heavy (non-hydrogen) atoms. The van der Waals surface area contributed by atoms with E-state index < -0.39 is 18.2 Å². The van der Waals surface area contributed by atoms with Crippen LogP contribution in [0.15, 0.2) is 34.9 Å². The van der Waals surface area contributed by atoms with E-state index in [-0.39, 0.29) is 0 Å². The number of piperidine rings is 1. The Hall–Kier alpha value is -1.66. The molecule has 6 heteroatoms. The van der Waals surface area contributed by atoms with Crippen molar-refractivity contribution in [2.75, 3.05) is 6.54 Å². The van der Waals surface area contributed by atoms with Crippen LogP contribution < -0.4 is 0 Å². The Balaban J connectivity index is 2.04. The molecular weight excluding hydrogens is 348 g/mol. The van der Waals surface area contributed by atoms with Crippen molar-refractivity contribution < 1.29 is 15.0 Å². The van der Waals surface area contributed by atoms with Crippen LogP contribution in [0.5, 0.6) is 0 Å². The standard InChI is InChI=1S/C16H17BrN2O3/c17-14-9-11(10-5-1-2-6-12(10)18-14)15(20)13-7-3-4-8-19(13)16(21)22/h1-2,5-6,9,13,15,20H,3-4,7-8H2,(H,21,22)/t13?,15-/m1/s1. The van der Waals surface area contributed by atoms with Crippen LogP contribution in [-0.4, -0.2) is 38.8 Å². The first kappa shape index (κ1) is 15.2. The number of hydrogen-bond donors (Lipinski definition) is 2. The molecule has 3 rings (SSSR count). The number of benzene rings is 1. The summed E-state index contributed by atoms with van der Waals surface area (Å²) in [7, 11) is 0. The van der Waals surface area contributed by atoms with Gasteiger partial charge in [0.15, 0.2) is 0 Å². The Morgan fingerprint density at radius 2 is 2.14 bits per heavy atom. The van der Waals surface area contributed by atoms with Gasteiger partial charge in [-0.3, -0.25) is 0 Å². The number of pyridine rings is 1. The Morgan fingerprint density at radius 1 is 1.36 bits per heavy atom. The number of aliphatic hydroxyl groups is 1. The van der Waals surface area contributed by atoms with Crippen molar-refractivity contribution in [3.63, 3.8) is 0 Å². The lowest BCUT2D eigenvalue weighted by atomic mass is 9.91. The summed E-state index contributed by atoms with van der Waals surface area (Å²) in [6, 6.07) is 8.94. The Bertz CT molecular complexity index is 707. The molecule has 116 valence electrons. The van der Waals surface area contributed by atoms with Crippen molar-refractivity contribution >= 4 is 32.9 Å². The van der Waals surface area contributed by atoms with Gasteiger partial charge in [-0.05, 0) is 52.9 Å². The van der Waals surface area contributed by atoms with Gasteiger partial charge in [0.1, 0.15) is 10.7 Å². The van der Waals surface area contributed by atoms with Crippen LogP contribution in [0.1, 0.15) is 30.9 Å². The Kier molecular flexibility index (Phi) is 4.31. The molecule has 2 heterocycles. The van der Waals surface area contributed by atoms with Gasteiger partial charge in [0.2, 0.25) is 0 Å². The van der Waals surface area contributed by atoms with Gasteiger partial charge in [-0.2, -0.15) is 0 Å². The lowest BCUT2D eigenvalue weighted by Crippen LogP contribution is -2.46. The fourth-order valence-electron chi connectivity index (χ4n) is 3.14. The highest BCUT2D eigenvalue weighted by Gasteiger charge is 2.33. The third kappa shape index (κ3) is 2.80. The molecule has 0 spiro atoms. The molecule has 0 bridgehead atoms. The summed E-state index contributed by atoms with van der Waals surface area (Å²) < 4.78 is 0.637. The van der Waals surface area contributed by atoms with Gasteiger partial charge in [-0.15, -0.1) is 0 Å². The molecular formula is C16H17BrN2O3. The lowest BCUT2D eigenvalue weighted by Gasteiger charge is -2.36. The summed E-state index contributed by atoms with van der Waals surface area (Å²) >= 11 is 3.37. The van der Waals surface area contributed by atoms with Gasteiger partial charge in [-0.1, -0.05) is 18.2 Å². The second-order valence-corrected chi connectivity index (χ2v) is 6.35. The molecule has 1 unspecified atom stereocenters. The fraction of sp³-hybridized carbons (Fsp3) is 0.375. The summed E-state index contributed by atoms with van der Waals surface area (Å²) in [5.41, 5.74) is 1.50. The number of carboxylic acid groups (broad SMARTS) is 1. The summed E-state index contributed by atoms with van der Waals surface area (Å²) in [4.78, 5) is 17.2. The summed E-state index contributed by atoms with van der Waals surface area (Å²) in [6.45, 7) is 0.473. The van der Waals surface area contributed by atoms with Gasteiger partial charge in [0.05, 0.1) is 11.6 Å². The van der Waals surface area contributed by atoms with Crippen LogP contribution in [-0.2, 0) is 0 Å². The molecule has 0 saturated carbocycles. The fourth-order valence-corrected chi connectivity index (χ4v) is 3.58. The number of amides is 1. The number of nitrogens with zero attached hydrogens (tertiary/aromatic N) is 2.